The molecule has 5 rings (SSSR count). The van der Waals surface area contributed by atoms with E-state index in [1.165, 1.54) is 12.1 Å². The minimum atomic E-state index is -0.434. The molecule has 3 heterocycles. The van der Waals surface area contributed by atoms with E-state index in [1.807, 2.05) is 16.8 Å². The average Bonchev–Trinajstić information content (AvgIpc) is 3.33. The lowest BCUT2D eigenvalue weighted by molar-refractivity contribution is -0.384. The number of nitro groups is 1. The number of aryl methyl sites for hydroxylation is 1. The van der Waals surface area contributed by atoms with E-state index in [2.05, 4.69) is 19.9 Å². The van der Waals surface area contributed by atoms with Gasteiger partial charge in [-0.05, 0) is 31.2 Å². The number of aromatic nitrogens is 5. The highest BCUT2D eigenvalue weighted by molar-refractivity contribution is 5.98. The minimum Gasteiger partial charge on any atom is -0.347 e. The van der Waals surface area contributed by atoms with Crippen molar-refractivity contribution in [3.05, 3.63) is 63.3 Å². The summed E-state index contributed by atoms with van der Waals surface area (Å²) in [5.41, 5.74) is 9.58. The SMILES string of the molecule is NCCCn1cc(-c2nc3cc4[nH]cnc4cc3[nH]c2=O)c2ccc([N+](=O)[O-])cc21. The van der Waals surface area contributed by atoms with Gasteiger partial charge in [0.1, 0.15) is 5.69 Å². The number of hydrogen-bond donors (Lipinski definition) is 3. The molecule has 0 aliphatic rings. The lowest BCUT2D eigenvalue weighted by atomic mass is 10.1. The lowest BCUT2D eigenvalue weighted by Gasteiger charge is -2.03. The number of nitrogens with one attached hydrogen (secondary N) is 2. The Labute approximate surface area is 168 Å². The van der Waals surface area contributed by atoms with Crippen LogP contribution in [0.4, 0.5) is 5.69 Å². The van der Waals surface area contributed by atoms with Crippen molar-refractivity contribution in [2.45, 2.75) is 13.0 Å². The van der Waals surface area contributed by atoms with E-state index in [4.69, 9.17) is 5.73 Å². The summed E-state index contributed by atoms with van der Waals surface area (Å²) in [7, 11) is 0. The Bertz CT molecular complexity index is 1500. The molecule has 0 saturated heterocycles. The molecule has 0 saturated carbocycles. The summed E-state index contributed by atoms with van der Waals surface area (Å²) in [4.78, 5) is 38.4. The van der Waals surface area contributed by atoms with Crippen LogP contribution in [-0.2, 0) is 6.54 Å². The number of hydrogen-bond acceptors (Lipinski definition) is 6. The number of H-pyrrole nitrogens is 2. The van der Waals surface area contributed by atoms with Gasteiger partial charge in [-0.3, -0.25) is 14.9 Å². The summed E-state index contributed by atoms with van der Waals surface area (Å²) in [6.45, 7) is 1.06. The number of imidazole rings is 1. The minimum absolute atomic E-state index is 0.0110. The third kappa shape index (κ3) is 2.81. The molecule has 0 amide bonds. The van der Waals surface area contributed by atoms with Crippen LogP contribution in [0.5, 0.6) is 0 Å². The number of non-ortho nitro benzene ring substituents is 1. The first-order valence-electron chi connectivity index (χ1n) is 9.40. The molecule has 0 spiro atoms. The molecule has 0 aliphatic carbocycles. The van der Waals surface area contributed by atoms with Crippen molar-refractivity contribution in [1.29, 1.82) is 0 Å². The van der Waals surface area contributed by atoms with Crippen LogP contribution in [0.3, 0.4) is 0 Å². The van der Waals surface area contributed by atoms with Crippen LogP contribution in [0.2, 0.25) is 0 Å². The summed E-state index contributed by atoms with van der Waals surface area (Å²) in [5.74, 6) is 0. The quantitative estimate of drug-likeness (QED) is 0.303. The maximum Gasteiger partial charge on any atom is 0.275 e. The Balaban J connectivity index is 1.76. The first kappa shape index (κ1) is 18.0. The molecule has 0 fully saturated rings. The maximum atomic E-state index is 12.9. The average molecular weight is 403 g/mol. The highest BCUT2D eigenvalue weighted by atomic mass is 16.6. The van der Waals surface area contributed by atoms with Gasteiger partial charge in [-0.25, -0.2) is 9.97 Å². The summed E-state index contributed by atoms with van der Waals surface area (Å²) < 4.78 is 1.88. The molecule has 3 aromatic heterocycles. The highest BCUT2D eigenvalue weighted by Crippen LogP contribution is 2.31. The fourth-order valence-corrected chi connectivity index (χ4v) is 3.73. The van der Waals surface area contributed by atoms with Gasteiger partial charge >= 0.3 is 0 Å². The molecule has 10 nitrogen and oxygen atoms in total. The van der Waals surface area contributed by atoms with Crippen molar-refractivity contribution in [3.63, 3.8) is 0 Å². The Morgan fingerprint density at radius 3 is 2.80 bits per heavy atom. The van der Waals surface area contributed by atoms with E-state index in [1.54, 1.807) is 18.5 Å². The molecular weight excluding hydrogens is 386 g/mol. The second kappa shape index (κ2) is 6.78. The zero-order chi connectivity index (χ0) is 20.8. The number of nitrogens with zero attached hydrogens (tertiary/aromatic N) is 4. The van der Waals surface area contributed by atoms with Gasteiger partial charge < -0.3 is 20.3 Å². The number of benzene rings is 2. The maximum absolute atomic E-state index is 12.9. The highest BCUT2D eigenvalue weighted by Gasteiger charge is 2.18. The van der Waals surface area contributed by atoms with Crippen molar-refractivity contribution < 1.29 is 4.92 Å². The molecule has 0 unspecified atom stereocenters. The second-order valence-electron chi connectivity index (χ2n) is 7.04. The van der Waals surface area contributed by atoms with Gasteiger partial charge in [-0.1, -0.05) is 0 Å². The lowest BCUT2D eigenvalue weighted by Crippen LogP contribution is -2.11. The zero-order valence-electron chi connectivity index (χ0n) is 15.8. The smallest absolute Gasteiger partial charge is 0.275 e. The van der Waals surface area contributed by atoms with Gasteiger partial charge in [0.25, 0.3) is 11.2 Å². The van der Waals surface area contributed by atoms with Crippen molar-refractivity contribution in [3.8, 4) is 11.3 Å². The molecule has 0 atom stereocenters. The normalized spacial score (nSPS) is 11.6. The van der Waals surface area contributed by atoms with E-state index in [0.717, 1.165) is 16.4 Å². The fourth-order valence-electron chi connectivity index (χ4n) is 3.73. The van der Waals surface area contributed by atoms with Gasteiger partial charge in [-0.15, -0.1) is 0 Å². The topological polar surface area (TPSA) is 149 Å². The first-order chi connectivity index (χ1) is 14.5. The summed E-state index contributed by atoms with van der Waals surface area (Å²) in [6.07, 6.45) is 4.09. The van der Waals surface area contributed by atoms with Crippen LogP contribution in [-0.4, -0.2) is 36.0 Å². The van der Waals surface area contributed by atoms with Crippen molar-refractivity contribution in [1.82, 2.24) is 24.5 Å². The predicted octanol–water partition coefficient (Wildman–Crippen LogP) is 2.68. The zero-order valence-corrected chi connectivity index (χ0v) is 15.8. The molecule has 0 aliphatic heterocycles. The van der Waals surface area contributed by atoms with E-state index in [9.17, 15) is 14.9 Å². The second-order valence-corrected chi connectivity index (χ2v) is 7.04. The summed E-state index contributed by atoms with van der Waals surface area (Å²) in [5, 5.41) is 12.0. The molecule has 150 valence electrons. The molecular formula is C20H17N7O3. The molecule has 30 heavy (non-hydrogen) atoms. The van der Waals surface area contributed by atoms with Crippen molar-refractivity contribution in [2.24, 2.45) is 5.73 Å². The first-order valence-corrected chi connectivity index (χ1v) is 9.40. The number of nitrogens with two attached hydrogens (primary N) is 1. The molecule has 4 N–H and O–H groups in total. The van der Waals surface area contributed by atoms with Crippen molar-refractivity contribution >= 4 is 38.7 Å². The van der Waals surface area contributed by atoms with Gasteiger partial charge in [-0.2, -0.15) is 0 Å². The van der Waals surface area contributed by atoms with Gasteiger partial charge in [0, 0.05) is 35.8 Å². The van der Waals surface area contributed by atoms with Crippen LogP contribution in [0, 0.1) is 10.1 Å². The van der Waals surface area contributed by atoms with E-state index >= 15 is 0 Å². The van der Waals surface area contributed by atoms with E-state index < -0.39 is 4.92 Å². The van der Waals surface area contributed by atoms with Crippen molar-refractivity contribution in [2.75, 3.05) is 6.54 Å². The third-order valence-corrected chi connectivity index (χ3v) is 5.17. The van der Waals surface area contributed by atoms with Crippen LogP contribution in [0.1, 0.15) is 6.42 Å². The van der Waals surface area contributed by atoms with Gasteiger partial charge in [0.05, 0.1) is 38.8 Å². The third-order valence-electron chi connectivity index (χ3n) is 5.17. The number of aromatic amines is 2. The Kier molecular flexibility index (Phi) is 4.07. The predicted molar refractivity (Wildman–Crippen MR) is 113 cm³/mol. The van der Waals surface area contributed by atoms with E-state index in [-0.39, 0.29) is 16.9 Å². The Morgan fingerprint density at radius 1 is 1.17 bits per heavy atom. The summed E-state index contributed by atoms with van der Waals surface area (Å²) >= 11 is 0. The van der Waals surface area contributed by atoms with Crippen LogP contribution in [0.25, 0.3) is 44.2 Å². The van der Waals surface area contributed by atoms with Gasteiger partial charge in [0.15, 0.2) is 0 Å². The molecule has 10 heteroatoms. The van der Waals surface area contributed by atoms with E-state index in [0.29, 0.717) is 41.6 Å². The molecule has 0 radical (unpaired) electrons. The summed E-state index contributed by atoms with van der Waals surface area (Å²) in [6, 6.07) is 8.20. The van der Waals surface area contributed by atoms with Gasteiger partial charge in [0.2, 0.25) is 0 Å². The van der Waals surface area contributed by atoms with Crippen LogP contribution < -0.4 is 11.3 Å². The van der Waals surface area contributed by atoms with Crippen LogP contribution in [0.15, 0.2) is 47.7 Å². The number of fused-ring (bicyclic) bond motifs is 3. The fraction of sp³-hybridized carbons (Fsp3) is 0.150. The molecule has 0 bridgehead atoms. The number of rotatable bonds is 5. The van der Waals surface area contributed by atoms with Crippen LogP contribution >= 0.6 is 0 Å². The molecule has 2 aromatic carbocycles. The molecule has 5 aromatic rings. The largest absolute Gasteiger partial charge is 0.347 e. The standard InChI is InChI=1S/C20H17N7O3/c21-4-1-5-26-9-13(12-3-2-11(27(29)30)6-18(12)26)19-20(28)25-17-8-15-14(22-10-23-15)7-16(17)24-19/h2-3,6-10H,1,4-5,21H2,(H,22,23)(H,25,28). The monoisotopic (exact) mass is 403 g/mol. The number of nitro benzene ring substituents is 1. The Morgan fingerprint density at radius 2 is 2.00 bits per heavy atom. The Hall–Kier alpha value is -4.05.